The van der Waals surface area contributed by atoms with Gasteiger partial charge in [-0.3, -0.25) is 0 Å². The van der Waals surface area contributed by atoms with Crippen LogP contribution in [0.1, 0.15) is 18.1 Å². The average Bonchev–Trinajstić information content (AvgIpc) is 2.51. The highest BCUT2D eigenvalue weighted by Crippen LogP contribution is 2.33. The van der Waals surface area contributed by atoms with Gasteiger partial charge in [-0.2, -0.15) is 0 Å². The molecule has 0 saturated carbocycles. The zero-order chi connectivity index (χ0) is 16.8. The largest absolute Gasteiger partial charge is 0.507 e. The van der Waals surface area contributed by atoms with Crippen molar-refractivity contribution in [2.75, 3.05) is 19.8 Å². The monoisotopic (exact) mass is 418 g/mol. The minimum Gasteiger partial charge on any atom is -0.507 e. The van der Waals surface area contributed by atoms with E-state index >= 15 is 0 Å². The highest BCUT2D eigenvalue weighted by atomic mass is 79.9. The maximum atomic E-state index is 9.55. The lowest BCUT2D eigenvalue weighted by Gasteiger charge is -2.12. The summed E-state index contributed by atoms with van der Waals surface area (Å²) in [6.45, 7) is 3.57. The van der Waals surface area contributed by atoms with E-state index in [-0.39, 0.29) is 5.75 Å². The molecular weight excluding hydrogens is 403 g/mol. The summed E-state index contributed by atoms with van der Waals surface area (Å²) in [5.41, 5.74) is 1.81. The maximum Gasteiger partial charge on any atom is 0.129 e. The summed E-state index contributed by atoms with van der Waals surface area (Å²) in [6.07, 6.45) is 0.565. The molecule has 3 nitrogen and oxygen atoms in total. The fourth-order valence-electron chi connectivity index (χ4n) is 2.06. The molecule has 0 aliphatic rings. The van der Waals surface area contributed by atoms with Crippen LogP contribution in [0.2, 0.25) is 10.0 Å². The molecule has 2 aromatic carbocycles. The normalized spacial score (nSPS) is 10.8. The van der Waals surface area contributed by atoms with Crippen LogP contribution in [0, 0.1) is 0 Å². The molecule has 0 bridgehead atoms. The predicted octanol–water partition coefficient (Wildman–Crippen LogP) is 5.47. The third kappa shape index (κ3) is 5.28. The van der Waals surface area contributed by atoms with Gasteiger partial charge in [0.2, 0.25) is 0 Å². The van der Waals surface area contributed by atoms with Crippen LogP contribution < -0.4 is 4.74 Å². The maximum absolute atomic E-state index is 9.55. The molecule has 0 spiro atoms. The van der Waals surface area contributed by atoms with Crippen molar-refractivity contribution in [3.63, 3.8) is 0 Å². The van der Waals surface area contributed by atoms with Crippen molar-refractivity contribution in [1.29, 1.82) is 0 Å². The Labute approximate surface area is 154 Å². The van der Waals surface area contributed by atoms with Gasteiger partial charge in [-0.25, -0.2) is 0 Å². The van der Waals surface area contributed by atoms with Gasteiger partial charge in [0.05, 0.1) is 11.1 Å². The Hall–Kier alpha value is -0.940. The highest BCUT2D eigenvalue weighted by Gasteiger charge is 2.11. The molecule has 0 aliphatic carbocycles. The van der Waals surface area contributed by atoms with Gasteiger partial charge >= 0.3 is 0 Å². The van der Waals surface area contributed by atoms with Gasteiger partial charge in [-0.05, 0) is 58.2 Å². The Morgan fingerprint density at radius 3 is 2.39 bits per heavy atom. The van der Waals surface area contributed by atoms with Crippen molar-refractivity contribution in [1.82, 2.24) is 0 Å². The first-order chi connectivity index (χ1) is 11.0. The lowest BCUT2D eigenvalue weighted by atomic mass is 10.0. The first kappa shape index (κ1) is 18.4. The number of hydrogen-bond donors (Lipinski definition) is 1. The van der Waals surface area contributed by atoms with Crippen LogP contribution in [0.4, 0.5) is 0 Å². The van der Waals surface area contributed by atoms with E-state index in [1.54, 1.807) is 18.2 Å². The molecule has 124 valence electrons. The average molecular weight is 420 g/mol. The SMILES string of the molecule is CCOCCOc1cc(Cl)c(Cc2ccc(O)c(Br)c2)c(Cl)c1. The summed E-state index contributed by atoms with van der Waals surface area (Å²) in [6, 6.07) is 8.81. The molecule has 23 heavy (non-hydrogen) atoms. The summed E-state index contributed by atoms with van der Waals surface area (Å²) in [4.78, 5) is 0. The van der Waals surface area contributed by atoms with Crippen LogP contribution in [-0.2, 0) is 11.2 Å². The van der Waals surface area contributed by atoms with E-state index in [1.807, 2.05) is 19.1 Å². The van der Waals surface area contributed by atoms with Crippen LogP contribution in [0.25, 0.3) is 0 Å². The lowest BCUT2D eigenvalue weighted by molar-refractivity contribution is 0.110. The molecule has 0 atom stereocenters. The molecule has 0 fully saturated rings. The Morgan fingerprint density at radius 2 is 1.78 bits per heavy atom. The first-order valence-electron chi connectivity index (χ1n) is 7.17. The Morgan fingerprint density at radius 1 is 1.09 bits per heavy atom. The Balaban J connectivity index is 2.11. The van der Waals surface area contributed by atoms with Gasteiger partial charge < -0.3 is 14.6 Å². The molecule has 1 N–H and O–H groups in total. The number of halogens is 3. The summed E-state index contributed by atoms with van der Waals surface area (Å²) in [5.74, 6) is 0.819. The fourth-order valence-corrected chi connectivity index (χ4v) is 3.09. The van der Waals surface area contributed by atoms with Crippen molar-refractivity contribution in [2.24, 2.45) is 0 Å². The van der Waals surface area contributed by atoms with E-state index < -0.39 is 0 Å². The van der Waals surface area contributed by atoms with Crippen LogP contribution >= 0.6 is 39.1 Å². The standard InChI is InChI=1S/C17H17BrCl2O3/c1-2-22-5-6-23-12-9-15(19)13(16(20)10-12)7-11-3-4-17(21)14(18)8-11/h3-4,8-10,21H,2,5-7H2,1H3. The second-order valence-corrected chi connectivity index (χ2v) is 6.54. The first-order valence-corrected chi connectivity index (χ1v) is 8.72. The topological polar surface area (TPSA) is 38.7 Å². The molecule has 0 amide bonds. The van der Waals surface area contributed by atoms with Crippen molar-refractivity contribution in [3.8, 4) is 11.5 Å². The second kappa shape index (κ2) is 8.78. The van der Waals surface area contributed by atoms with E-state index in [0.29, 0.717) is 46.5 Å². The number of hydrogen-bond acceptors (Lipinski definition) is 3. The lowest BCUT2D eigenvalue weighted by Crippen LogP contribution is -2.06. The van der Waals surface area contributed by atoms with Crippen LogP contribution in [0.15, 0.2) is 34.8 Å². The van der Waals surface area contributed by atoms with Gasteiger partial charge in [0, 0.05) is 23.1 Å². The van der Waals surface area contributed by atoms with Crippen LogP contribution in [0.5, 0.6) is 11.5 Å². The number of phenolic OH excluding ortho intramolecular Hbond substituents is 1. The number of phenols is 1. The smallest absolute Gasteiger partial charge is 0.129 e. The quantitative estimate of drug-likeness (QED) is 0.605. The van der Waals surface area contributed by atoms with Gasteiger partial charge in [-0.15, -0.1) is 0 Å². The molecule has 6 heteroatoms. The third-order valence-electron chi connectivity index (χ3n) is 3.21. The fraction of sp³-hybridized carbons (Fsp3) is 0.294. The highest BCUT2D eigenvalue weighted by molar-refractivity contribution is 9.10. The summed E-state index contributed by atoms with van der Waals surface area (Å²) >= 11 is 16.0. The number of ether oxygens (including phenoxy) is 2. The molecular formula is C17H17BrCl2O3. The van der Waals surface area contributed by atoms with E-state index in [1.165, 1.54) is 0 Å². The molecule has 2 rings (SSSR count). The summed E-state index contributed by atoms with van der Waals surface area (Å²) < 4.78 is 11.4. The molecule has 0 aromatic heterocycles. The van der Waals surface area contributed by atoms with E-state index in [9.17, 15) is 5.11 Å². The third-order valence-corrected chi connectivity index (χ3v) is 4.52. The molecule has 0 aliphatic heterocycles. The van der Waals surface area contributed by atoms with Crippen molar-refractivity contribution in [2.45, 2.75) is 13.3 Å². The van der Waals surface area contributed by atoms with Crippen molar-refractivity contribution >= 4 is 39.1 Å². The van der Waals surface area contributed by atoms with E-state index in [4.69, 9.17) is 32.7 Å². The number of benzene rings is 2. The Bertz CT molecular complexity index is 654. The summed E-state index contributed by atoms with van der Waals surface area (Å²) in [7, 11) is 0. The van der Waals surface area contributed by atoms with Gasteiger partial charge in [0.25, 0.3) is 0 Å². The Kier molecular flexibility index (Phi) is 7.03. The minimum atomic E-state index is 0.198. The number of rotatable bonds is 7. The van der Waals surface area contributed by atoms with Crippen LogP contribution in [-0.4, -0.2) is 24.9 Å². The molecule has 0 saturated heterocycles. The molecule has 0 radical (unpaired) electrons. The van der Waals surface area contributed by atoms with Gasteiger partial charge in [0.15, 0.2) is 0 Å². The zero-order valence-electron chi connectivity index (χ0n) is 12.6. The second-order valence-electron chi connectivity index (χ2n) is 4.87. The van der Waals surface area contributed by atoms with Crippen LogP contribution in [0.3, 0.4) is 0 Å². The van der Waals surface area contributed by atoms with Gasteiger partial charge in [0.1, 0.15) is 18.1 Å². The zero-order valence-corrected chi connectivity index (χ0v) is 15.7. The van der Waals surface area contributed by atoms with Crippen molar-refractivity contribution in [3.05, 3.63) is 56.0 Å². The molecule has 0 heterocycles. The van der Waals surface area contributed by atoms with E-state index in [0.717, 1.165) is 11.1 Å². The summed E-state index contributed by atoms with van der Waals surface area (Å²) in [5, 5.41) is 10.6. The van der Waals surface area contributed by atoms with Crippen molar-refractivity contribution < 1.29 is 14.6 Å². The van der Waals surface area contributed by atoms with Gasteiger partial charge in [-0.1, -0.05) is 29.3 Å². The molecule has 2 aromatic rings. The predicted molar refractivity (Wildman–Crippen MR) is 97.1 cm³/mol. The minimum absolute atomic E-state index is 0.198. The number of aromatic hydroxyl groups is 1. The molecule has 0 unspecified atom stereocenters. The van der Waals surface area contributed by atoms with E-state index in [2.05, 4.69) is 15.9 Å².